The van der Waals surface area contributed by atoms with E-state index < -0.39 is 0 Å². The zero-order valence-corrected chi connectivity index (χ0v) is 11.9. The molecule has 0 aromatic rings. The molecule has 1 aliphatic heterocycles. The van der Waals surface area contributed by atoms with Crippen LogP contribution in [0.4, 0.5) is 0 Å². The lowest BCUT2D eigenvalue weighted by Crippen LogP contribution is -2.49. The number of carbonyl (C=O) groups excluding carboxylic acids is 1. The van der Waals surface area contributed by atoms with Crippen molar-refractivity contribution in [3.05, 3.63) is 0 Å². The predicted molar refractivity (Wildman–Crippen MR) is 74.4 cm³/mol. The van der Waals surface area contributed by atoms with Gasteiger partial charge in [-0.2, -0.15) is 0 Å². The molecule has 2 N–H and O–H groups in total. The zero-order valence-electron chi connectivity index (χ0n) is 11.9. The Balaban J connectivity index is 1.82. The van der Waals surface area contributed by atoms with Crippen LogP contribution in [0, 0.1) is 11.8 Å². The van der Waals surface area contributed by atoms with Gasteiger partial charge in [-0.3, -0.25) is 4.79 Å². The molecule has 2 fully saturated rings. The van der Waals surface area contributed by atoms with E-state index in [1.54, 1.807) is 0 Å². The van der Waals surface area contributed by atoms with Crippen LogP contribution in [0.3, 0.4) is 0 Å². The SMILES string of the molecule is CC1CC(C)CC(NC(=O)C2CCCCCN2)C1. The molecule has 1 amide bonds. The van der Waals surface area contributed by atoms with E-state index in [0.717, 1.165) is 37.6 Å². The summed E-state index contributed by atoms with van der Waals surface area (Å²) in [5, 5.41) is 6.66. The van der Waals surface area contributed by atoms with Crippen molar-refractivity contribution in [2.45, 2.75) is 70.9 Å². The third-order valence-electron chi connectivity index (χ3n) is 4.40. The molecule has 3 atom stereocenters. The van der Waals surface area contributed by atoms with Crippen LogP contribution in [0.15, 0.2) is 0 Å². The maximum atomic E-state index is 12.3. The van der Waals surface area contributed by atoms with E-state index >= 15 is 0 Å². The fourth-order valence-electron chi connectivity index (χ4n) is 3.62. The van der Waals surface area contributed by atoms with E-state index in [0.29, 0.717) is 6.04 Å². The van der Waals surface area contributed by atoms with Gasteiger partial charge in [-0.05, 0) is 50.5 Å². The summed E-state index contributed by atoms with van der Waals surface area (Å²) in [5.41, 5.74) is 0. The zero-order chi connectivity index (χ0) is 13.0. The van der Waals surface area contributed by atoms with Crippen molar-refractivity contribution < 1.29 is 4.79 Å². The van der Waals surface area contributed by atoms with Crippen LogP contribution in [0.25, 0.3) is 0 Å². The first-order chi connectivity index (χ1) is 8.65. The normalized spacial score (nSPS) is 37.9. The van der Waals surface area contributed by atoms with Crippen LogP contribution < -0.4 is 10.6 Å². The lowest BCUT2D eigenvalue weighted by Gasteiger charge is -2.33. The van der Waals surface area contributed by atoms with Crippen LogP contribution >= 0.6 is 0 Å². The Labute approximate surface area is 111 Å². The van der Waals surface area contributed by atoms with E-state index in [1.807, 2.05) is 0 Å². The smallest absolute Gasteiger partial charge is 0.237 e. The minimum Gasteiger partial charge on any atom is -0.352 e. The lowest BCUT2D eigenvalue weighted by molar-refractivity contribution is -0.124. The van der Waals surface area contributed by atoms with E-state index in [4.69, 9.17) is 0 Å². The van der Waals surface area contributed by atoms with Crippen molar-refractivity contribution in [1.82, 2.24) is 10.6 Å². The standard InChI is InChI=1S/C15H28N2O/c1-11-8-12(2)10-13(9-11)17-15(18)14-6-4-3-5-7-16-14/h11-14,16H,3-10H2,1-2H3,(H,17,18). The Bertz CT molecular complexity index is 262. The summed E-state index contributed by atoms with van der Waals surface area (Å²) in [6.07, 6.45) is 8.28. The van der Waals surface area contributed by atoms with Crippen LogP contribution in [-0.4, -0.2) is 24.5 Å². The number of nitrogens with one attached hydrogen (secondary N) is 2. The van der Waals surface area contributed by atoms with Gasteiger partial charge in [0.15, 0.2) is 0 Å². The van der Waals surface area contributed by atoms with Crippen molar-refractivity contribution in [3.63, 3.8) is 0 Å². The average molecular weight is 252 g/mol. The molecule has 2 aliphatic rings. The average Bonchev–Trinajstić information content (AvgIpc) is 2.55. The molecule has 104 valence electrons. The van der Waals surface area contributed by atoms with Gasteiger partial charge < -0.3 is 10.6 Å². The molecule has 3 unspecified atom stereocenters. The maximum Gasteiger partial charge on any atom is 0.237 e. The molecule has 3 nitrogen and oxygen atoms in total. The summed E-state index contributed by atoms with van der Waals surface area (Å²) >= 11 is 0. The number of carbonyl (C=O) groups is 1. The lowest BCUT2D eigenvalue weighted by atomic mass is 9.80. The number of hydrogen-bond acceptors (Lipinski definition) is 2. The van der Waals surface area contributed by atoms with Gasteiger partial charge in [0.2, 0.25) is 5.91 Å². The summed E-state index contributed by atoms with van der Waals surface area (Å²) in [6, 6.07) is 0.460. The predicted octanol–water partition coefficient (Wildman–Crippen LogP) is 2.46. The molecule has 1 heterocycles. The van der Waals surface area contributed by atoms with Gasteiger partial charge in [-0.25, -0.2) is 0 Å². The second-order valence-corrected chi connectivity index (χ2v) is 6.48. The van der Waals surface area contributed by atoms with Gasteiger partial charge in [0.1, 0.15) is 0 Å². The molecule has 18 heavy (non-hydrogen) atoms. The van der Waals surface area contributed by atoms with Gasteiger partial charge in [0.05, 0.1) is 6.04 Å². The van der Waals surface area contributed by atoms with Crippen LogP contribution in [0.1, 0.15) is 58.8 Å². The van der Waals surface area contributed by atoms with Crippen molar-refractivity contribution in [2.75, 3.05) is 6.54 Å². The first-order valence-corrected chi connectivity index (χ1v) is 7.69. The monoisotopic (exact) mass is 252 g/mol. The fourth-order valence-corrected chi connectivity index (χ4v) is 3.62. The van der Waals surface area contributed by atoms with Crippen molar-refractivity contribution in [3.8, 4) is 0 Å². The first-order valence-electron chi connectivity index (χ1n) is 7.69. The van der Waals surface area contributed by atoms with Crippen molar-refractivity contribution in [2.24, 2.45) is 11.8 Å². The van der Waals surface area contributed by atoms with Crippen molar-refractivity contribution in [1.29, 1.82) is 0 Å². The van der Waals surface area contributed by atoms with Crippen LogP contribution in [0.5, 0.6) is 0 Å². The Morgan fingerprint density at radius 3 is 2.50 bits per heavy atom. The van der Waals surface area contributed by atoms with E-state index in [2.05, 4.69) is 24.5 Å². The molecule has 1 aliphatic carbocycles. The fraction of sp³-hybridized carbons (Fsp3) is 0.933. The molecule has 0 radical (unpaired) electrons. The highest BCUT2D eigenvalue weighted by atomic mass is 16.2. The molecule has 1 saturated carbocycles. The molecule has 0 bridgehead atoms. The molecule has 0 spiro atoms. The van der Waals surface area contributed by atoms with E-state index in [9.17, 15) is 4.79 Å². The van der Waals surface area contributed by atoms with Crippen LogP contribution in [0.2, 0.25) is 0 Å². The highest BCUT2D eigenvalue weighted by Gasteiger charge is 2.27. The Morgan fingerprint density at radius 2 is 1.78 bits per heavy atom. The third-order valence-corrected chi connectivity index (χ3v) is 4.40. The number of rotatable bonds is 2. The molecular weight excluding hydrogens is 224 g/mol. The summed E-state index contributed by atoms with van der Waals surface area (Å²) in [6.45, 7) is 5.60. The summed E-state index contributed by atoms with van der Waals surface area (Å²) in [7, 11) is 0. The minimum absolute atomic E-state index is 0.0556. The third kappa shape index (κ3) is 3.98. The molecule has 0 aromatic heterocycles. The minimum atomic E-state index is 0.0556. The molecule has 3 heteroatoms. The largest absolute Gasteiger partial charge is 0.352 e. The van der Waals surface area contributed by atoms with Gasteiger partial charge in [-0.1, -0.05) is 26.7 Å². The second-order valence-electron chi connectivity index (χ2n) is 6.48. The van der Waals surface area contributed by atoms with Gasteiger partial charge in [-0.15, -0.1) is 0 Å². The Morgan fingerprint density at radius 1 is 1.06 bits per heavy atom. The van der Waals surface area contributed by atoms with E-state index in [-0.39, 0.29) is 11.9 Å². The number of hydrogen-bond donors (Lipinski definition) is 2. The summed E-state index contributed by atoms with van der Waals surface area (Å²) < 4.78 is 0. The first kappa shape index (κ1) is 13.9. The van der Waals surface area contributed by atoms with Crippen molar-refractivity contribution >= 4 is 5.91 Å². The molecule has 1 saturated heterocycles. The summed E-state index contributed by atoms with van der Waals surface area (Å²) in [4.78, 5) is 12.3. The topological polar surface area (TPSA) is 41.1 Å². The second kappa shape index (κ2) is 6.55. The highest BCUT2D eigenvalue weighted by Crippen LogP contribution is 2.28. The molecule has 2 rings (SSSR count). The quantitative estimate of drug-likeness (QED) is 0.792. The summed E-state index contributed by atoms with van der Waals surface area (Å²) in [5.74, 6) is 1.74. The van der Waals surface area contributed by atoms with Gasteiger partial charge in [0, 0.05) is 6.04 Å². The maximum absolute atomic E-state index is 12.3. The Hall–Kier alpha value is -0.570. The Kier molecular flexibility index (Phi) is 5.04. The number of amides is 1. The van der Waals surface area contributed by atoms with Gasteiger partial charge >= 0.3 is 0 Å². The van der Waals surface area contributed by atoms with Crippen LogP contribution in [-0.2, 0) is 4.79 Å². The molecule has 0 aromatic carbocycles. The van der Waals surface area contributed by atoms with E-state index in [1.165, 1.54) is 25.7 Å². The van der Waals surface area contributed by atoms with Gasteiger partial charge in [0.25, 0.3) is 0 Å². The highest BCUT2D eigenvalue weighted by molar-refractivity contribution is 5.82. The molecular formula is C15H28N2O.